The lowest BCUT2D eigenvalue weighted by atomic mass is 9.93. The molecule has 4 rings (SSSR count). The zero-order valence-electron chi connectivity index (χ0n) is 15.7. The van der Waals surface area contributed by atoms with E-state index in [1.54, 1.807) is 0 Å². The standard InChI is InChI=1S/C22H25FN4/c1-26-21(10-11-25-26)16-27-12-2-3-19(15-27)22-9-6-18(14-24-22)13-17-4-7-20(23)8-5-17/h4-11,14,19H,2-3,12-13,15-16H2,1H3. The first-order valence-electron chi connectivity index (χ1n) is 9.56. The van der Waals surface area contributed by atoms with Crippen LogP contribution in [0.4, 0.5) is 4.39 Å². The lowest BCUT2D eigenvalue weighted by molar-refractivity contribution is 0.194. The monoisotopic (exact) mass is 364 g/mol. The first kappa shape index (κ1) is 17.9. The summed E-state index contributed by atoms with van der Waals surface area (Å²) in [5.74, 6) is 0.284. The molecule has 5 heteroatoms. The molecule has 0 amide bonds. The van der Waals surface area contributed by atoms with Crippen LogP contribution in [-0.4, -0.2) is 32.8 Å². The number of hydrogen-bond acceptors (Lipinski definition) is 3. The summed E-state index contributed by atoms with van der Waals surface area (Å²) in [6.45, 7) is 3.11. The van der Waals surface area contributed by atoms with Crippen LogP contribution in [0.2, 0.25) is 0 Å². The summed E-state index contributed by atoms with van der Waals surface area (Å²) in [6.07, 6.45) is 7.00. The van der Waals surface area contributed by atoms with E-state index >= 15 is 0 Å². The maximum atomic E-state index is 13.0. The SMILES string of the molecule is Cn1nccc1CN1CCCC(c2ccc(Cc3ccc(F)cc3)cn2)C1. The number of benzene rings is 1. The van der Waals surface area contributed by atoms with Gasteiger partial charge in [0.05, 0.1) is 5.69 Å². The van der Waals surface area contributed by atoms with Gasteiger partial charge in [-0.3, -0.25) is 14.6 Å². The summed E-state index contributed by atoms with van der Waals surface area (Å²) in [5, 5.41) is 4.27. The molecule has 0 bridgehead atoms. The lowest BCUT2D eigenvalue weighted by Crippen LogP contribution is -2.34. The highest BCUT2D eigenvalue weighted by atomic mass is 19.1. The Kier molecular flexibility index (Phi) is 5.30. The summed E-state index contributed by atoms with van der Waals surface area (Å²) in [6, 6.07) is 13.1. The summed E-state index contributed by atoms with van der Waals surface area (Å²) in [7, 11) is 2.00. The number of rotatable bonds is 5. The van der Waals surface area contributed by atoms with Crippen molar-refractivity contribution in [1.29, 1.82) is 0 Å². The maximum Gasteiger partial charge on any atom is 0.123 e. The Hall–Kier alpha value is -2.53. The number of hydrogen-bond donors (Lipinski definition) is 0. The number of halogens is 1. The van der Waals surface area contributed by atoms with Gasteiger partial charge in [0.2, 0.25) is 0 Å². The van der Waals surface area contributed by atoms with Crippen LogP contribution in [0.3, 0.4) is 0 Å². The largest absolute Gasteiger partial charge is 0.297 e. The summed E-state index contributed by atoms with van der Waals surface area (Å²) >= 11 is 0. The van der Waals surface area contributed by atoms with E-state index in [1.807, 2.05) is 36.3 Å². The zero-order valence-corrected chi connectivity index (χ0v) is 15.7. The van der Waals surface area contributed by atoms with Crippen LogP contribution < -0.4 is 0 Å². The fourth-order valence-corrected chi connectivity index (χ4v) is 3.85. The lowest BCUT2D eigenvalue weighted by Gasteiger charge is -2.32. The van der Waals surface area contributed by atoms with E-state index in [0.717, 1.165) is 37.2 Å². The topological polar surface area (TPSA) is 34.0 Å². The van der Waals surface area contributed by atoms with Gasteiger partial charge in [0.25, 0.3) is 0 Å². The Bertz CT molecular complexity index is 870. The Balaban J connectivity index is 1.39. The van der Waals surface area contributed by atoms with Crippen LogP contribution in [0.5, 0.6) is 0 Å². The van der Waals surface area contributed by atoms with Gasteiger partial charge in [-0.1, -0.05) is 18.2 Å². The van der Waals surface area contributed by atoms with Crippen molar-refractivity contribution in [3.63, 3.8) is 0 Å². The molecule has 0 aliphatic carbocycles. The van der Waals surface area contributed by atoms with Crippen LogP contribution in [-0.2, 0) is 20.0 Å². The molecule has 0 radical (unpaired) electrons. The van der Waals surface area contributed by atoms with Crippen LogP contribution in [0.25, 0.3) is 0 Å². The van der Waals surface area contributed by atoms with E-state index in [2.05, 4.69) is 28.2 Å². The van der Waals surface area contributed by atoms with Gasteiger partial charge in [-0.25, -0.2) is 4.39 Å². The smallest absolute Gasteiger partial charge is 0.123 e. The Morgan fingerprint density at radius 1 is 1.07 bits per heavy atom. The van der Waals surface area contributed by atoms with Crippen LogP contribution in [0.15, 0.2) is 54.9 Å². The van der Waals surface area contributed by atoms with Crippen LogP contribution in [0.1, 0.15) is 41.3 Å². The number of nitrogens with zero attached hydrogens (tertiary/aromatic N) is 4. The second kappa shape index (κ2) is 8.01. The highest BCUT2D eigenvalue weighted by Crippen LogP contribution is 2.26. The predicted octanol–water partition coefficient (Wildman–Crippen LogP) is 3.92. The second-order valence-electron chi connectivity index (χ2n) is 7.41. The van der Waals surface area contributed by atoms with Crippen molar-refractivity contribution in [2.24, 2.45) is 7.05 Å². The predicted molar refractivity (Wildman–Crippen MR) is 104 cm³/mol. The van der Waals surface area contributed by atoms with E-state index in [0.29, 0.717) is 5.92 Å². The van der Waals surface area contributed by atoms with Gasteiger partial charge in [-0.2, -0.15) is 5.10 Å². The van der Waals surface area contributed by atoms with Gasteiger partial charge in [0.15, 0.2) is 0 Å². The van der Waals surface area contributed by atoms with Crippen molar-refractivity contribution in [3.8, 4) is 0 Å². The average Bonchev–Trinajstić information content (AvgIpc) is 3.09. The number of aromatic nitrogens is 3. The van der Waals surface area contributed by atoms with Gasteiger partial charge in [-0.15, -0.1) is 0 Å². The van der Waals surface area contributed by atoms with E-state index in [9.17, 15) is 4.39 Å². The van der Waals surface area contributed by atoms with Crippen molar-refractivity contribution >= 4 is 0 Å². The molecule has 1 aromatic carbocycles. The number of likely N-dealkylation sites (tertiary alicyclic amines) is 1. The highest BCUT2D eigenvalue weighted by molar-refractivity contribution is 5.26. The molecule has 140 valence electrons. The molecule has 0 spiro atoms. The molecular formula is C22H25FN4. The minimum atomic E-state index is -0.194. The third kappa shape index (κ3) is 4.42. The van der Waals surface area contributed by atoms with E-state index in [4.69, 9.17) is 4.98 Å². The highest BCUT2D eigenvalue weighted by Gasteiger charge is 2.23. The van der Waals surface area contributed by atoms with Crippen molar-refractivity contribution in [1.82, 2.24) is 19.7 Å². The first-order chi connectivity index (χ1) is 13.2. The van der Waals surface area contributed by atoms with E-state index < -0.39 is 0 Å². The van der Waals surface area contributed by atoms with Crippen molar-refractivity contribution in [2.45, 2.75) is 31.7 Å². The Labute approximate surface area is 159 Å². The average molecular weight is 364 g/mol. The molecular weight excluding hydrogens is 339 g/mol. The molecule has 3 heterocycles. The molecule has 0 saturated carbocycles. The maximum absolute atomic E-state index is 13.0. The molecule has 1 aliphatic rings. The van der Waals surface area contributed by atoms with E-state index in [-0.39, 0.29) is 5.82 Å². The molecule has 0 N–H and O–H groups in total. The fraction of sp³-hybridized carbons (Fsp3) is 0.364. The van der Waals surface area contributed by atoms with Gasteiger partial charge in [0, 0.05) is 44.1 Å². The minimum Gasteiger partial charge on any atom is -0.297 e. The number of aryl methyl sites for hydroxylation is 1. The molecule has 1 saturated heterocycles. The third-order valence-corrected chi connectivity index (χ3v) is 5.40. The number of pyridine rings is 1. The molecule has 1 atom stereocenters. The van der Waals surface area contributed by atoms with Crippen molar-refractivity contribution < 1.29 is 4.39 Å². The van der Waals surface area contributed by atoms with Crippen molar-refractivity contribution in [3.05, 3.63) is 83.2 Å². The quantitative estimate of drug-likeness (QED) is 0.688. The third-order valence-electron chi connectivity index (χ3n) is 5.40. The molecule has 1 aliphatic heterocycles. The zero-order chi connectivity index (χ0) is 18.6. The summed E-state index contributed by atoms with van der Waals surface area (Å²) in [5.41, 5.74) is 4.68. The molecule has 1 unspecified atom stereocenters. The fourth-order valence-electron chi connectivity index (χ4n) is 3.85. The minimum absolute atomic E-state index is 0.194. The van der Waals surface area contributed by atoms with Gasteiger partial charge in [-0.05, 0) is 61.2 Å². The molecule has 2 aromatic heterocycles. The molecule has 27 heavy (non-hydrogen) atoms. The summed E-state index contributed by atoms with van der Waals surface area (Å²) < 4.78 is 15.0. The van der Waals surface area contributed by atoms with Crippen LogP contribution >= 0.6 is 0 Å². The van der Waals surface area contributed by atoms with Gasteiger partial charge < -0.3 is 0 Å². The number of piperidine rings is 1. The molecule has 1 fully saturated rings. The molecule has 4 nitrogen and oxygen atoms in total. The Morgan fingerprint density at radius 3 is 2.59 bits per heavy atom. The van der Waals surface area contributed by atoms with Gasteiger partial charge in [0.1, 0.15) is 5.82 Å². The van der Waals surface area contributed by atoms with Crippen molar-refractivity contribution in [2.75, 3.05) is 13.1 Å². The first-order valence-corrected chi connectivity index (χ1v) is 9.56. The van der Waals surface area contributed by atoms with Crippen LogP contribution in [0, 0.1) is 5.82 Å². The normalized spacial score (nSPS) is 17.9. The second-order valence-corrected chi connectivity index (χ2v) is 7.41. The summed E-state index contributed by atoms with van der Waals surface area (Å²) in [4.78, 5) is 7.25. The Morgan fingerprint density at radius 2 is 1.89 bits per heavy atom. The molecule has 3 aromatic rings. The van der Waals surface area contributed by atoms with E-state index in [1.165, 1.54) is 36.4 Å². The van der Waals surface area contributed by atoms with Gasteiger partial charge >= 0.3 is 0 Å².